The zero-order valence-electron chi connectivity index (χ0n) is 21.5. The van der Waals surface area contributed by atoms with Crippen molar-refractivity contribution in [1.29, 1.82) is 0 Å². The summed E-state index contributed by atoms with van der Waals surface area (Å²) >= 11 is 0. The van der Waals surface area contributed by atoms with Gasteiger partial charge in [0, 0.05) is 32.7 Å². The van der Waals surface area contributed by atoms with Crippen LogP contribution in [0.4, 0.5) is 13.2 Å². The number of nitrogens with zero attached hydrogens (tertiary/aromatic N) is 1. The largest absolute Gasteiger partial charge is 0.573 e. The third-order valence-electron chi connectivity index (χ3n) is 5.70. The van der Waals surface area contributed by atoms with Gasteiger partial charge in [-0.25, -0.2) is 0 Å². The molecule has 0 heterocycles. The lowest BCUT2D eigenvalue weighted by Gasteiger charge is -2.24. The average molecular weight is 553 g/mol. The summed E-state index contributed by atoms with van der Waals surface area (Å²) in [5, 5.41) is 5.30. The summed E-state index contributed by atoms with van der Waals surface area (Å²) in [6, 6.07) is 12.2. The smallest absolute Gasteiger partial charge is 0.406 e. The van der Waals surface area contributed by atoms with E-state index >= 15 is 0 Å². The first-order chi connectivity index (χ1) is 18.5. The predicted molar refractivity (Wildman–Crippen MR) is 139 cm³/mol. The number of carbonyl (C=O) groups excluding carboxylic acids is 3. The van der Waals surface area contributed by atoms with Crippen LogP contribution in [0.1, 0.15) is 24.0 Å². The number of carbonyl (C=O) groups is 3. The van der Waals surface area contributed by atoms with Gasteiger partial charge in [0.2, 0.25) is 17.7 Å². The molecule has 0 bridgehead atoms. The predicted octanol–water partition coefficient (Wildman–Crippen LogP) is 0.782. The van der Waals surface area contributed by atoms with Crippen molar-refractivity contribution in [2.45, 2.75) is 44.3 Å². The third kappa shape index (κ3) is 11.7. The summed E-state index contributed by atoms with van der Waals surface area (Å²) in [6.45, 7) is 1.01. The second kappa shape index (κ2) is 15.7. The minimum Gasteiger partial charge on any atom is -0.406 e. The van der Waals surface area contributed by atoms with Crippen LogP contribution in [-0.2, 0) is 27.3 Å². The summed E-state index contributed by atoms with van der Waals surface area (Å²) in [7, 11) is 0. The number of amides is 3. The monoisotopic (exact) mass is 552 g/mol. The van der Waals surface area contributed by atoms with E-state index in [0.717, 1.165) is 17.7 Å². The molecule has 8 N–H and O–H groups in total. The Kier molecular flexibility index (Phi) is 12.7. The van der Waals surface area contributed by atoms with E-state index in [9.17, 15) is 27.6 Å². The molecule has 39 heavy (non-hydrogen) atoms. The molecule has 0 saturated heterocycles. The molecule has 0 aliphatic heterocycles. The van der Waals surface area contributed by atoms with Gasteiger partial charge in [0.1, 0.15) is 11.8 Å². The first-order valence-electron chi connectivity index (χ1n) is 12.4. The van der Waals surface area contributed by atoms with Gasteiger partial charge in [-0.05, 0) is 36.1 Å². The highest BCUT2D eigenvalue weighted by molar-refractivity contribution is 5.92. The Labute approximate surface area is 225 Å². The van der Waals surface area contributed by atoms with Gasteiger partial charge in [0.15, 0.2) is 0 Å². The van der Waals surface area contributed by atoms with Gasteiger partial charge in [0.25, 0.3) is 0 Å². The lowest BCUT2D eigenvalue weighted by atomic mass is 10.0. The van der Waals surface area contributed by atoms with Crippen molar-refractivity contribution in [2.75, 3.05) is 26.2 Å². The number of rotatable bonds is 15. The topological polar surface area (TPSA) is 166 Å². The molecule has 2 atom stereocenters. The number of aryl methyl sites for hydroxylation is 1. The molecule has 0 aliphatic carbocycles. The molecule has 2 aromatic carbocycles. The van der Waals surface area contributed by atoms with Crippen LogP contribution in [0, 0.1) is 0 Å². The summed E-state index contributed by atoms with van der Waals surface area (Å²) in [6.07, 6.45) is -4.38. The van der Waals surface area contributed by atoms with Crippen molar-refractivity contribution in [3.05, 3.63) is 65.7 Å². The number of ether oxygens (including phenoxy) is 1. The molecule has 10 nitrogen and oxygen atoms in total. The summed E-state index contributed by atoms with van der Waals surface area (Å²) in [5.41, 5.74) is 18.5. The van der Waals surface area contributed by atoms with Gasteiger partial charge in [-0.2, -0.15) is 0 Å². The van der Waals surface area contributed by atoms with Crippen LogP contribution in [0.3, 0.4) is 0 Å². The summed E-state index contributed by atoms with van der Waals surface area (Å²) in [5.74, 6) is -1.95. The Hall–Kier alpha value is -3.68. The SMILES string of the molecule is NCCN(CCN)C(=O)CC(N)C(=O)NC(CCc1ccccc1)C(=O)NCc1ccc(OC(F)(F)F)cc1. The van der Waals surface area contributed by atoms with Crippen molar-refractivity contribution in [2.24, 2.45) is 17.2 Å². The maximum Gasteiger partial charge on any atom is 0.573 e. The lowest BCUT2D eigenvalue weighted by Crippen LogP contribution is -2.53. The molecule has 3 amide bonds. The van der Waals surface area contributed by atoms with Crippen molar-refractivity contribution in [3.63, 3.8) is 0 Å². The highest BCUT2D eigenvalue weighted by Crippen LogP contribution is 2.22. The number of benzene rings is 2. The zero-order valence-corrected chi connectivity index (χ0v) is 21.5. The van der Waals surface area contributed by atoms with Crippen molar-refractivity contribution < 1.29 is 32.3 Å². The van der Waals surface area contributed by atoms with Gasteiger partial charge in [0.05, 0.1) is 12.5 Å². The van der Waals surface area contributed by atoms with Gasteiger partial charge >= 0.3 is 6.36 Å². The molecular formula is C26H35F3N6O4. The van der Waals surface area contributed by atoms with E-state index in [1.807, 2.05) is 30.3 Å². The Balaban J connectivity index is 2.03. The Bertz CT molecular complexity index is 1050. The van der Waals surface area contributed by atoms with E-state index in [-0.39, 0.29) is 57.2 Å². The van der Waals surface area contributed by atoms with Crippen LogP contribution in [0.15, 0.2) is 54.6 Å². The maximum atomic E-state index is 13.0. The molecule has 13 heteroatoms. The van der Waals surface area contributed by atoms with Crippen LogP contribution in [0.25, 0.3) is 0 Å². The first kappa shape index (κ1) is 31.5. The average Bonchev–Trinajstić information content (AvgIpc) is 2.89. The van der Waals surface area contributed by atoms with E-state index in [1.165, 1.54) is 17.0 Å². The highest BCUT2D eigenvalue weighted by Gasteiger charge is 2.31. The second-order valence-corrected chi connectivity index (χ2v) is 8.76. The number of hydrogen-bond acceptors (Lipinski definition) is 7. The molecule has 0 aromatic heterocycles. The molecule has 0 spiro atoms. The molecule has 214 valence electrons. The minimum absolute atomic E-state index is 0.000512. The summed E-state index contributed by atoms with van der Waals surface area (Å²) < 4.78 is 40.9. The van der Waals surface area contributed by atoms with Gasteiger partial charge in [-0.3, -0.25) is 14.4 Å². The van der Waals surface area contributed by atoms with Gasteiger partial charge in [-0.15, -0.1) is 13.2 Å². The van der Waals surface area contributed by atoms with Crippen LogP contribution in [0.2, 0.25) is 0 Å². The van der Waals surface area contributed by atoms with Crippen molar-refractivity contribution in [3.8, 4) is 5.75 Å². The molecular weight excluding hydrogens is 517 g/mol. The minimum atomic E-state index is -4.81. The van der Waals surface area contributed by atoms with Gasteiger partial charge < -0.3 is 37.5 Å². The van der Waals surface area contributed by atoms with Gasteiger partial charge in [-0.1, -0.05) is 42.5 Å². The van der Waals surface area contributed by atoms with E-state index in [4.69, 9.17) is 17.2 Å². The third-order valence-corrected chi connectivity index (χ3v) is 5.70. The number of halogens is 3. The van der Waals surface area contributed by atoms with Crippen LogP contribution >= 0.6 is 0 Å². The molecule has 0 radical (unpaired) electrons. The fraction of sp³-hybridized carbons (Fsp3) is 0.423. The maximum absolute atomic E-state index is 13.0. The van der Waals surface area contributed by atoms with E-state index in [0.29, 0.717) is 12.0 Å². The quantitative estimate of drug-likeness (QED) is 0.218. The number of alkyl halides is 3. The fourth-order valence-corrected chi connectivity index (χ4v) is 3.71. The van der Waals surface area contributed by atoms with Crippen molar-refractivity contribution in [1.82, 2.24) is 15.5 Å². The van der Waals surface area contributed by atoms with Crippen molar-refractivity contribution >= 4 is 17.7 Å². The number of hydrogen-bond donors (Lipinski definition) is 5. The normalized spacial score (nSPS) is 12.8. The molecule has 0 aliphatic rings. The lowest BCUT2D eigenvalue weighted by molar-refractivity contribution is -0.274. The van der Waals surface area contributed by atoms with Crippen LogP contribution in [-0.4, -0.2) is 67.2 Å². The Morgan fingerprint density at radius 1 is 0.897 bits per heavy atom. The van der Waals surface area contributed by atoms with E-state index in [1.54, 1.807) is 0 Å². The number of nitrogens with one attached hydrogen (secondary N) is 2. The molecule has 2 rings (SSSR count). The number of nitrogens with two attached hydrogens (primary N) is 3. The summed E-state index contributed by atoms with van der Waals surface area (Å²) in [4.78, 5) is 39.8. The molecule has 2 aromatic rings. The van der Waals surface area contributed by atoms with Crippen LogP contribution in [0.5, 0.6) is 5.75 Å². The standard InChI is InChI=1S/C26H35F3N6O4/c27-26(28,29)39-20-9-6-19(7-10-20)17-33-25(38)22(11-8-18-4-2-1-3-5-18)34-24(37)21(32)16-23(36)35(14-12-30)15-13-31/h1-7,9-10,21-22H,8,11-17,30-32H2,(H,33,38)(H,34,37). The molecule has 0 fully saturated rings. The second-order valence-electron chi connectivity index (χ2n) is 8.76. The highest BCUT2D eigenvalue weighted by atomic mass is 19.4. The van der Waals surface area contributed by atoms with E-state index in [2.05, 4.69) is 15.4 Å². The molecule has 0 saturated carbocycles. The molecule has 2 unspecified atom stereocenters. The van der Waals surface area contributed by atoms with E-state index < -0.39 is 30.3 Å². The Morgan fingerprint density at radius 3 is 2.08 bits per heavy atom. The fourth-order valence-electron chi connectivity index (χ4n) is 3.71. The first-order valence-corrected chi connectivity index (χ1v) is 12.4. The Morgan fingerprint density at radius 2 is 1.51 bits per heavy atom. The van der Waals surface area contributed by atoms with Crippen LogP contribution < -0.4 is 32.6 Å². The zero-order chi connectivity index (χ0) is 28.8.